The summed E-state index contributed by atoms with van der Waals surface area (Å²) in [7, 11) is 0. The van der Waals surface area contributed by atoms with Crippen molar-refractivity contribution >= 4 is 5.91 Å². The van der Waals surface area contributed by atoms with Crippen LogP contribution in [-0.2, 0) is 13.1 Å². The molecule has 168 valence electrons. The predicted octanol–water partition coefficient (Wildman–Crippen LogP) is 5.02. The zero-order chi connectivity index (χ0) is 23.3. The summed E-state index contributed by atoms with van der Waals surface area (Å²) in [5, 5.41) is 7.91. The summed E-state index contributed by atoms with van der Waals surface area (Å²) in [5.41, 5.74) is 6.35. The fraction of sp³-hybridized carbons (Fsp3) is 0.107. The van der Waals surface area contributed by atoms with Crippen LogP contribution in [0.4, 0.5) is 0 Å². The van der Waals surface area contributed by atoms with E-state index >= 15 is 0 Å². The molecule has 5 aromatic rings. The van der Waals surface area contributed by atoms with Crippen molar-refractivity contribution in [1.29, 1.82) is 0 Å². The van der Waals surface area contributed by atoms with Gasteiger partial charge in [-0.3, -0.25) is 4.79 Å². The molecule has 34 heavy (non-hydrogen) atoms. The monoisotopic (exact) mass is 447 g/mol. The number of rotatable bonds is 7. The summed E-state index contributed by atoms with van der Waals surface area (Å²) in [5.74, 6) is -0.155. The molecule has 6 nitrogen and oxygen atoms in total. The van der Waals surface area contributed by atoms with Gasteiger partial charge in [-0.2, -0.15) is 5.10 Å². The van der Waals surface area contributed by atoms with Crippen LogP contribution in [0.2, 0.25) is 0 Å². The van der Waals surface area contributed by atoms with Gasteiger partial charge in [-0.15, -0.1) is 0 Å². The molecular formula is C28H25N5O. The molecule has 0 aliphatic carbocycles. The summed E-state index contributed by atoms with van der Waals surface area (Å²) >= 11 is 0. The van der Waals surface area contributed by atoms with Crippen LogP contribution in [0.15, 0.2) is 104 Å². The van der Waals surface area contributed by atoms with E-state index in [4.69, 9.17) is 5.10 Å². The first-order valence-electron chi connectivity index (χ1n) is 11.2. The first-order valence-corrected chi connectivity index (χ1v) is 11.2. The molecule has 2 aromatic heterocycles. The summed E-state index contributed by atoms with van der Waals surface area (Å²) in [6, 6.07) is 26.0. The minimum absolute atomic E-state index is 0.155. The van der Waals surface area contributed by atoms with Crippen LogP contribution in [0.3, 0.4) is 0 Å². The van der Waals surface area contributed by atoms with Gasteiger partial charge in [0.05, 0.1) is 17.6 Å². The Labute approximate surface area is 198 Å². The third-order valence-corrected chi connectivity index (χ3v) is 5.85. The number of nitrogens with zero attached hydrogens (tertiary/aromatic N) is 4. The molecule has 0 saturated heterocycles. The largest absolute Gasteiger partial charge is 0.348 e. The third-order valence-electron chi connectivity index (χ3n) is 5.85. The minimum Gasteiger partial charge on any atom is -0.348 e. The molecule has 1 N–H and O–H groups in total. The van der Waals surface area contributed by atoms with Crippen molar-refractivity contribution in [2.75, 3.05) is 0 Å². The molecule has 5 rings (SSSR count). The summed E-state index contributed by atoms with van der Waals surface area (Å²) in [4.78, 5) is 17.5. The lowest BCUT2D eigenvalue weighted by atomic mass is 10.0. The van der Waals surface area contributed by atoms with Crippen LogP contribution in [0.1, 0.15) is 27.0 Å². The molecular weight excluding hydrogens is 422 g/mol. The Morgan fingerprint density at radius 3 is 2.41 bits per heavy atom. The molecule has 0 unspecified atom stereocenters. The summed E-state index contributed by atoms with van der Waals surface area (Å²) in [6.07, 6.45) is 7.30. The number of para-hydroxylation sites is 1. The van der Waals surface area contributed by atoms with E-state index < -0.39 is 0 Å². The fourth-order valence-electron chi connectivity index (χ4n) is 4.02. The second-order valence-electron chi connectivity index (χ2n) is 8.17. The minimum atomic E-state index is -0.155. The highest BCUT2D eigenvalue weighted by atomic mass is 16.1. The van der Waals surface area contributed by atoms with Gasteiger partial charge in [0.1, 0.15) is 5.69 Å². The molecule has 0 bridgehead atoms. The van der Waals surface area contributed by atoms with E-state index in [1.807, 2.05) is 96.7 Å². The number of hydrogen-bond acceptors (Lipinski definition) is 3. The standard InChI is InChI=1S/C28H25N5O/c1-21-9-5-8-14-25(21)27-26(19-33(31-27)24-12-3-2-4-13-24)28(34)30-17-22-10-6-7-11-23(22)18-32-16-15-29-20-32/h2-16,19-20H,17-18H2,1H3,(H,30,34). The van der Waals surface area contributed by atoms with Crippen molar-refractivity contribution in [1.82, 2.24) is 24.6 Å². The second-order valence-corrected chi connectivity index (χ2v) is 8.17. The fourth-order valence-corrected chi connectivity index (χ4v) is 4.02. The highest BCUT2D eigenvalue weighted by Gasteiger charge is 2.20. The van der Waals surface area contributed by atoms with Crippen molar-refractivity contribution in [3.63, 3.8) is 0 Å². The van der Waals surface area contributed by atoms with Gasteiger partial charge in [-0.1, -0.05) is 66.7 Å². The van der Waals surface area contributed by atoms with Crippen molar-refractivity contribution < 1.29 is 4.79 Å². The van der Waals surface area contributed by atoms with Gasteiger partial charge in [0.25, 0.3) is 5.91 Å². The molecule has 6 heteroatoms. The Hall–Kier alpha value is -4.45. The second kappa shape index (κ2) is 9.58. The number of carbonyl (C=O) groups excluding carboxylic acids is 1. The molecule has 0 spiro atoms. The van der Waals surface area contributed by atoms with Crippen molar-refractivity contribution in [2.45, 2.75) is 20.0 Å². The van der Waals surface area contributed by atoms with Crippen molar-refractivity contribution in [2.24, 2.45) is 0 Å². The SMILES string of the molecule is Cc1ccccc1-c1nn(-c2ccccc2)cc1C(=O)NCc1ccccc1Cn1ccnc1. The van der Waals surface area contributed by atoms with E-state index in [-0.39, 0.29) is 5.91 Å². The van der Waals surface area contributed by atoms with Crippen molar-refractivity contribution in [3.05, 3.63) is 126 Å². The maximum atomic E-state index is 13.4. The zero-order valence-corrected chi connectivity index (χ0v) is 18.9. The van der Waals surface area contributed by atoms with Gasteiger partial charge in [0, 0.05) is 37.2 Å². The molecule has 0 saturated carbocycles. The lowest BCUT2D eigenvalue weighted by Gasteiger charge is -2.11. The number of benzene rings is 3. The Morgan fingerprint density at radius 1 is 0.912 bits per heavy atom. The zero-order valence-electron chi connectivity index (χ0n) is 18.9. The first kappa shape index (κ1) is 21.4. The van der Waals surface area contributed by atoms with Gasteiger partial charge in [0.15, 0.2) is 0 Å². The Bertz CT molecular complexity index is 1400. The Balaban J connectivity index is 1.44. The quantitative estimate of drug-likeness (QED) is 0.381. The van der Waals surface area contributed by atoms with Crippen molar-refractivity contribution in [3.8, 4) is 16.9 Å². The van der Waals surface area contributed by atoms with Crippen LogP contribution >= 0.6 is 0 Å². The van der Waals surface area contributed by atoms with E-state index in [1.165, 1.54) is 0 Å². The molecule has 0 atom stereocenters. The van der Waals surface area contributed by atoms with E-state index in [0.29, 0.717) is 24.3 Å². The molecule has 0 radical (unpaired) electrons. The number of amides is 1. The maximum Gasteiger partial charge on any atom is 0.255 e. The number of aromatic nitrogens is 4. The average molecular weight is 448 g/mol. The van der Waals surface area contributed by atoms with Crippen LogP contribution < -0.4 is 5.32 Å². The molecule has 3 aromatic carbocycles. The molecule has 1 amide bonds. The van der Waals surface area contributed by atoms with E-state index in [2.05, 4.69) is 16.4 Å². The van der Waals surface area contributed by atoms with E-state index in [9.17, 15) is 4.79 Å². The van der Waals surface area contributed by atoms with Gasteiger partial charge >= 0.3 is 0 Å². The number of hydrogen-bond donors (Lipinski definition) is 1. The van der Waals surface area contributed by atoms with Gasteiger partial charge in [-0.25, -0.2) is 9.67 Å². The van der Waals surface area contributed by atoms with E-state index in [1.54, 1.807) is 17.2 Å². The first-order chi connectivity index (χ1) is 16.7. The number of carbonyl (C=O) groups is 1. The molecule has 0 fully saturated rings. The molecule has 0 aliphatic heterocycles. The lowest BCUT2D eigenvalue weighted by Crippen LogP contribution is -2.24. The molecule has 0 aliphatic rings. The van der Waals surface area contributed by atoms with Gasteiger partial charge in [0.2, 0.25) is 0 Å². The highest BCUT2D eigenvalue weighted by molar-refractivity contribution is 6.00. The lowest BCUT2D eigenvalue weighted by molar-refractivity contribution is 0.0951. The topological polar surface area (TPSA) is 64.7 Å². The average Bonchev–Trinajstić information content (AvgIpc) is 3.55. The maximum absolute atomic E-state index is 13.4. The summed E-state index contributed by atoms with van der Waals surface area (Å²) in [6.45, 7) is 3.16. The predicted molar refractivity (Wildman–Crippen MR) is 133 cm³/mol. The highest BCUT2D eigenvalue weighted by Crippen LogP contribution is 2.27. The number of aryl methyl sites for hydroxylation is 1. The number of nitrogens with one attached hydrogen (secondary N) is 1. The van der Waals surface area contributed by atoms with Crippen LogP contribution in [0.25, 0.3) is 16.9 Å². The Morgan fingerprint density at radius 2 is 1.65 bits per heavy atom. The third kappa shape index (κ3) is 4.52. The van der Waals surface area contributed by atoms with Crippen LogP contribution in [0, 0.1) is 6.92 Å². The Kier molecular flexibility index (Phi) is 6.03. The van der Waals surface area contributed by atoms with Gasteiger partial charge < -0.3 is 9.88 Å². The smallest absolute Gasteiger partial charge is 0.255 e. The van der Waals surface area contributed by atoms with Crippen LogP contribution in [-0.4, -0.2) is 25.2 Å². The van der Waals surface area contributed by atoms with E-state index in [0.717, 1.165) is 27.9 Å². The summed E-state index contributed by atoms with van der Waals surface area (Å²) < 4.78 is 3.78. The van der Waals surface area contributed by atoms with Gasteiger partial charge in [-0.05, 0) is 35.7 Å². The molecule has 2 heterocycles. The normalized spacial score (nSPS) is 10.9. The van der Waals surface area contributed by atoms with Crippen LogP contribution in [0.5, 0.6) is 0 Å². The number of imidazole rings is 1.